The summed E-state index contributed by atoms with van der Waals surface area (Å²) in [5.41, 5.74) is 3.06. The molecule has 1 aliphatic rings. The standard InChI is InChI=1S/C21H23N7O2/c1-14-3-4-16(15(2)11-14)26-20(29)18-19(25-13-24-18)21(30)28-9-7-27(8-10-28)17-12-22-5-6-23-17/h3-6,11-13H,7-10H2,1-2H3,(H,24,25)(H,26,29). The van der Waals surface area contributed by atoms with Gasteiger partial charge in [-0.05, 0) is 25.5 Å². The summed E-state index contributed by atoms with van der Waals surface area (Å²) < 4.78 is 0. The summed E-state index contributed by atoms with van der Waals surface area (Å²) in [5.74, 6) is 0.140. The van der Waals surface area contributed by atoms with Crippen molar-refractivity contribution in [1.82, 2.24) is 24.8 Å². The Morgan fingerprint density at radius 3 is 2.57 bits per heavy atom. The average Bonchev–Trinajstić information content (AvgIpc) is 3.26. The third-order valence-corrected chi connectivity index (χ3v) is 5.14. The summed E-state index contributed by atoms with van der Waals surface area (Å²) in [5, 5.41) is 2.85. The van der Waals surface area contributed by atoms with E-state index in [1.54, 1.807) is 23.5 Å². The van der Waals surface area contributed by atoms with Crippen LogP contribution in [0.1, 0.15) is 32.1 Å². The first-order valence-corrected chi connectivity index (χ1v) is 9.75. The number of piperazine rings is 1. The van der Waals surface area contributed by atoms with Crippen LogP contribution < -0.4 is 10.2 Å². The Labute approximate surface area is 174 Å². The Bertz CT molecular complexity index is 1060. The lowest BCUT2D eigenvalue weighted by atomic mass is 10.1. The number of aromatic amines is 1. The lowest BCUT2D eigenvalue weighted by Crippen LogP contribution is -2.49. The minimum absolute atomic E-state index is 0.0938. The van der Waals surface area contributed by atoms with Crippen LogP contribution in [-0.2, 0) is 0 Å². The fourth-order valence-corrected chi connectivity index (χ4v) is 3.52. The Morgan fingerprint density at radius 2 is 1.87 bits per heavy atom. The molecule has 1 aromatic carbocycles. The number of aryl methyl sites for hydroxylation is 2. The number of aromatic nitrogens is 4. The Hall–Kier alpha value is -3.75. The van der Waals surface area contributed by atoms with Crippen LogP contribution in [0, 0.1) is 13.8 Å². The monoisotopic (exact) mass is 405 g/mol. The van der Waals surface area contributed by atoms with Gasteiger partial charge in [0.25, 0.3) is 11.8 Å². The zero-order valence-corrected chi connectivity index (χ0v) is 16.9. The molecule has 3 heterocycles. The average molecular weight is 405 g/mol. The van der Waals surface area contributed by atoms with E-state index in [2.05, 4.69) is 30.2 Å². The molecule has 1 fully saturated rings. The molecule has 0 radical (unpaired) electrons. The number of hydrogen-bond acceptors (Lipinski definition) is 6. The number of benzene rings is 1. The van der Waals surface area contributed by atoms with Crippen molar-refractivity contribution in [2.75, 3.05) is 36.4 Å². The summed E-state index contributed by atoms with van der Waals surface area (Å²) in [4.78, 5) is 44.9. The number of carbonyl (C=O) groups excluding carboxylic acids is 2. The molecule has 0 aliphatic carbocycles. The molecule has 9 nitrogen and oxygen atoms in total. The third-order valence-electron chi connectivity index (χ3n) is 5.14. The van der Waals surface area contributed by atoms with Crippen LogP contribution in [0.3, 0.4) is 0 Å². The summed E-state index contributed by atoms with van der Waals surface area (Å²) >= 11 is 0. The first-order valence-electron chi connectivity index (χ1n) is 9.75. The Balaban J connectivity index is 1.44. The zero-order valence-electron chi connectivity index (χ0n) is 16.9. The van der Waals surface area contributed by atoms with E-state index in [0.717, 1.165) is 16.9 Å². The molecule has 9 heteroatoms. The van der Waals surface area contributed by atoms with Gasteiger partial charge in [-0.1, -0.05) is 17.7 Å². The van der Waals surface area contributed by atoms with E-state index >= 15 is 0 Å². The summed E-state index contributed by atoms with van der Waals surface area (Å²) in [6.45, 7) is 6.24. The predicted octanol–water partition coefficient (Wildman–Crippen LogP) is 2.03. The molecule has 1 saturated heterocycles. The Kier molecular flexibility index (Phi) is 5.42. The smallest absolute Gasteiger partial charge is 0.276 e. The van der Waals surface area contributed by atoms with Crippen LogP contribution in [0.4, 0.5) is 11.5 Å². The second kappa shape index (κ2) is 8.32. The normalized spacial score (nSPS) is 13.9. The molecule has 0 saturated carbocycles. The van der Waals surface area contributed by atoms with Gasteiger partial charge in [0, 0.05) is 44.3 Å². The van der Waals surface area contributed by atoms with Crippen molar-refractivity contribution >= 4 is 23.3 Å². The summed E-state index contributed by atoms with van der Waals surface area (Å²) in [7, 11) is 0. The maximum absolute atomic E-state index is 13.0. The number of nitrogens with one attached hydrogen (secondary N) is 2. The van der Waals surface area contributed by atoms with Crippen LogP contribution in [0.2, 0.25) is 0 Å². The molecule has 4 rings (SSSR count). The minimum Gasteiger partial charge on any atom is -0.352 e. The Morgan fingerprint density at radius 1 is 1.07 bits per heavy atom. The number of anilines is 2. The summed E-state index contributed by atoms with van der Waals surface area (Å²) in [6, 6.07) is 5.76. The van der Waals surface area contributed by atoms with Gasteiger partial charge < -0.3 is 20.1 Å². The molecule has 30 heavy (non-hydrogen) atoms. The van der Waals surface area contributed by atoms with E-state index < -0.39 is 5.91 Å². The minimum atomic E-state index is -0.412. The van der Waals surface area contributed by atoms with E-state index in [1.807, 2.05) is 32.0 Å². The molecule has 0 bridgehead atoms. The number of carbonyl (C=O) groups is 2. The lowest BCUT2D eigenvalue weighted by molar-refractivity contribution is 0.0736. The topological polar surface area (TPSA) is 107 Å². The SMILES string of the molecule is Cc1ccc(NC(=O)c2nc[nH]c2C(=O)N2CCN(c3cnccn3)CC2)c(C)c1. The first kappa shape index (κ1) is 19.6. The highest BCUT2D eigenvalue weighted by Crippen LogP contribution is 2.19. The molecule has 2 aromatic heterocycles. The van der Waals surface area contributed by atoms with E-state index in [9.17, 15) is 9.59 Å². The second-order valence-electron chi connectivity index (χ2n) is 7.24. The molecule has 0 atom stereocenters. The van der Waals surface area contributed by atoms with Crippen molar-refractivity contribution in [2.24, 2.45) is 0 Å². The number of imidazole rings is 1. The van der Waals surface area contributed by atoms with Gasteiger partial charge in [-0.15, -0.1) is 0 Å². The van der Waals surface area contributed by atoms with Gasteiger partial charge in [0.15, 0.2) is 5.69 Å². The molecule has 0 spiro atoms. The molecule has 0 unspecified atom stereocenters. The number of H-pyrrole nitrogens is 1. The fraction of sp³-hybridized carbons (Fsp3) is 0.286. The van der Waals surface area contributed by atoms with Crippen molar-refractivity contribution < 1.29 is 9.59 Å². The largest absolute Gasteiger partial charge is 0.352 e. The van der Waals surface area contributed by atoms with Gasteiger partial charge >= 0.3 is 0 Å². The van der Waals surface area contributed by atoms with Crippen LogP contribution in [-0.4, -0.2) is 62.8 Å². The van der Waals surface area contributed by atoms with Gasteiger partial charge in [0.1, 0.15) is 11.5 Å². The van der Waals surface area contributed by atoms with Crippen molar-refractivity contribution in [3.8, 4) is 0 Å². The highest BCUT2D eigenvalue weighted by atomic mass is 16.2. The zero-order chi connectivity index (χ0) is 21.1. The molecule has 2 N–H and O–H groups in total. The number of nitrogens with zero attached hydrogens (tertiary/aromatic N) is 5. The molecular weight excluding hydrogens is 382 g/mol. The van der Waals surface area contributed by atoms with Crippen LogP contribution in [0.5, 0.6) is 0 Å². The highest BCUT2D eigenvalue weighted by molar-refractivity contribution is 6.10. The third kappa shape index (κ3) is 4.00. The van der Waals surface area contributed by atoms with Gasteiger partial charge in [0.05, 0.1) is 12.5 Å². The van der Waals surface area contributed by atoms with Gasteiger partial charge in [-0.25, -0.2) is 9.97 Å². The van der Waals surface area contributed by atoms with E-state index in [0.29, 0.717) is 31.9 Å². The molecule has 154 valence electrons. The second-order valence-corrected chi connectivity index (χ2v) is 7.24. The van der Waals surface area contributed by atoms with Gasteiger partial charge in [-0.3, -0.25) is 14.6 Å². The van der Waals surface area contributed by atoms with Gasteiger partial charge in [0.2, 0.25) is 0 Å². The number of amides is 2. The highest BCUT2D eigenvalue weighted by Gasteiger charge is 2.28. The van der Waals surface area contributed by atoms with Crippen LogP contribution in [0.25, 0.3) is 0 Å². The lowest BCUT2D eigenvalue weighted by Gasteiger charge is -2.35. The number of rotatable bonds is 4. The van der Waals surface area contributed by atoms with E-state index in [4.69, 9.17) is 0 Å². The molecule has 3 aromatic rings. The van der Waals surface area contributed by atoms with Crippen molar-refractivity contribution in [1.29, 1.82) is 0 Å². The van der Waals surface area contributed by atoms with Crippen molar-refractivity contribution in [3.63, 3.8) is 0 Å². The molecule has 1 aliphatic heterocycles. The van der Waals surface area contributed by atoms with E-state index in [-0.39, 0.29) is 17.3 Å². The summed E-state index contributed by atoms with van der Waals surface area (Å²) in [6.07, 6.45) is 6.37. The quantitative estimate of drug-likeness (QED) is 0.688. The maximum atomic E-state index is 13.0. The van der Waals surface area contributed by atoms with E-state index in [1.165, 1.54) is 6.33 Å². The van der Waals surface area contributed by atoms with Crippen molar-refractivity contribution in [2.45, 2.75) is 13.8 Å². The van der Waals surface area contributed by atoms with Gasteiger partial charge in [-0.2, -0.15) is 0 Å². The van der Waals surface area contributed by atoms with Crippen molar-refractivity contribution in [3.05, 3.63) is 65.6 Å². The molecular formula is C21H23N7O2. The maximum Gasteiger partial charge on any atom is 0.276 e. The predicted molar refractivity (Wildman–Crippen MR) is 113 cm³/mol. The fourth-order valence-electron chi connectivity index (χ4n) is 3.52. The van der Waals surface area contributed by atoms with Crippen LogP contribution in [0.15, 0.2) is 43.1 Å². The number of hydrogen-bond donors (Lipinski definition) is 2. The first-order chi connectivity index (χ1) is 14.5. The van der Waals surface area contributed by atoms with Crippen LogP contribution >= 0.6 is 0 Å². The molecule has 2 amide bonds.